The summed E-state index contributed by atoms with van der Waals surface area (Å²) in [5.74, 6) is -1.29. The van der Waals surface area contributed by atoms with Crippen molar-refractivity contribution in [3.63, 3.8) is 0 Å². The van der Waals surface area contributed by atoms with Gasteiger partial charge in [-0.05, 0) is 35.7 Å². The van der Waals surface area contributed by atoms with Crippen molar-refractivity contribution < 1.29 is 32.2 Å². The minimum atomic E-state index is -4.74. The topological polar surface area (TPSA) is 82.6 Å². The number of aromatic nitrogens is 2. The molecular weight excluding hydrogens is 487 g/mol. The predicted molar refractivity (Wildman–Crippen MR) is 124 cm³/mol. The van der Waals surface area contributed by atoms with Crippen molar-refractivity contribution in [2.75, 3.05) is 19.5 Å². The molecule has 35 heavy (non-hydrogen) atoms. The van der Waals surface area contributed by atoms with E-state index in [-0.39, 0.29) is 24.0 Å². The molecule has 0 aliphatic carbocycles. The molecule has 0 fully saturated rings. The van der Waals surface area contributed by atoms with Gasteiger partial charge in [0.1, 0.15) is 12.2 Å². The zero-order valence-corrected chi connectivity index (χ0v) is 19.7. The van der Waals surface area contributed by atoms with E-state index in [9.17, 15) is 18.0 Å². The zero-order valence-electron chi connectivity index (χ0n) is 18.9. The highest BCUT2D eigenvalue weighted by Gasteiger charge is 2.34. The average molecular weight is 508 g/mol. The fourth-order valence-corrected chi connectivity index (χ4v) is 3.25. The summed E-state index contributed by atoms with van der Waals surface area (Å²) in [5.41, 5.74) is 0.916. The van der Waals surface area contributed by atoms with Crippen LogP contribution in [-0.2, 0) is 27.1 Å². The van der Waals surface area contributed by atoms with Gasteiger partial charge in [0.2, 0.25) is 11.8 Å². The van der Waals surface area contributed by atoms with Crippen LogP contribution < -0.4 is 10.1 Å². The van der Waals surface area contributed by atoms with E-state index in [1.54, 1.807) is 49.4 Å². The normalized spacial score (nSPS) is 11.7. The van der Waals surface area contributed by atoms with Gasteiger partial charge < -0.3 is 19.5 Å². The quantitative estimate of drug-likeness (QED) is 0.229. The summed E-state index contributed by atoms with van der Waals surface area (Å²) in [6, 6.07) is 12.3. The molecule has 1 N–H and O–H groups in total. The van der Waals surface area contributed by atoms with Crippen LogP contribution in [0.25, 0.3) is 5.57 Å². The van der Waals surface area contributed by atoms with Crippen molar-refractivity contribution in [2.24, 2.45) is 0 Å². The number of rotatable bonds is 8. The molecule has 0 bridgehead atoms. The molecule has 184 valence electrons. The van der Waals surface area contributed by atoms with Crippen molar-refractivity contribution in [1.82, 2.24) is 9.97 Å². The SMILES string of the molecule is CO/C=C(/C(=O)OC)c1ccccc1COc1cc(C(F)(F)F)nc(Nc2cccc(Cl)c2C)n1. The van der Waals surface area contributed by atoms with Gasteiger partial charge in [-0.3, -0.25) is 0 Å². The summed E-state index contributed by atoms with van der Waals surface area (Å²) in [6.45, 7) is 1.51. The number of anilines is 2. The van der Waals surface area contributed by atoms with E-state index in [4.69, 9.17) is 25.8 Å². The molecule has 11 heteroatoms. The summed E-state index contributed by atoms with van der Waals surface area (Å²) in [4.78, 5) is 19.8. The second-order valence-corrected chi connectivity index (χ2v) is 7.56. The number of hydrogen-bond acceptors (Lipinski definition) is 7. The molecular formula is C24H21ClF3N3O4. The molecule has 1 heterocycles. The Balaban J connectivity index is 1.94. The molecule has 0 radical (unpaired) electrons. The predicted octanol–water partition coefficient (Wildman–Crippen LogP) is 5.94. The highest BCUT2D eigenvalue weighted by molar-refractivity contribution is 6.31. The maximum Gasteiger partial charge on any atom is 0.433 e. The van der Waals surface area contributed by atoms with Crippen molar-refractivity contribution in [3.05, 3.63) is 82.2 Å². The molecule has 0 spiro atoms. The molecule has 0 aliphatic rings. The largest absolute Gasteiger partial charge is 0.503 e. The lowest BCUT2D eigenvalue weighted by molar-refractivity contribution is -0.141. The third kappa shape index (κ3) is 6.42. The van der Waals surface area contributed by atoms with Crippen LogP contribution in [0.15, 0.2) is 54.8 Å². The van der Waals surface area contributed by atoms with Crippen molar-refractivity contribution in [2.45, 2.75) is 19.7 Å². The van der Waals surface area contributed by atoms with Gasteiger partial charge in [0, 0.05) is 16.8 Å². The number of esters is 1. The van der Waals surface area contributed by atoms with Gasteiger partial charge in [-0.15, -0.1) is 0 Å². The van der Waals surface area contributed by atoms with E-state index in [2.05, 4.69) is 15.3 Å². The standard InChI is InChI=1S/C24H21ClF3N3O4/c1-14-18(25)9-6-10-19(14)29-23-30-20(24(26,27)28)11-21(31-23)35-12-15-7-4-5-8-16(15)17(13-33-2)22(32)34-3/h4-11,13H,12H2,1-3H3,(H,29,30,31)/b17-13+. The number of methoxy groups -OCH3 is 2. The molecule has 3 aromatic rings. The molecule has 0 aliphatic heterocycles. The number of hydrogen-bond donors (Lipinski definition) is 1. The smallest absolute Gasteiger partial charge is 0.433 e. The number of carbonyl (C=O) groups excluding carboxylic acids is 1. The third-order valence-electron chi connectivity index (χ3n) is 4.83. The molecule has 0 amide bonds. The van der Waals surface area contributed by atoms with Gasteiger partial charge >= 0.3 is 12.1 Å². The maximum absolute atomic E-state index is 13.5. The van der Waals surface area contributed by atoms with E-state index in [1.807, 2.05) is 0 Å². The lowest BCUT2D eigenvalue weighted by atomic mass is 10.0. The molecule has 0 saturated carbocycles. The van der Waals surface area contributed by atoms with Crippen LogP contribution in [0, 0.1) is 6.92 Å². The molecule has 3 rings (SSSR count). The minimum absolute atomic E-state index is 0.117. The lowest BCUT2D eigenvalue weighted by Gasteiger charge is -2.15. The number of nitrogens with one attached hydrogen (secondary N) is 1. The van der Waals surface area contributed by atoms with Gasteiger partial charge in [0.15, 0.2) is 5.69 Å². The van der Waals surface area contributed by atoms with Crippen LogP contribution in [0.4, 0.5) is 24.8 Å². The van der Waals surface area contributed by atoms with Crippen LogP contribution in [0.5, 0.6) is 5.88 Å². The summed E-state index contributed by atoms with van der Waals surface area (Å²) in [6.07, 6.45) is -3.52. The highest BCUT2D eigenvalue weighted by atomic mass is 35.5. The Labute approximate surface area is 204 Å². The minimum Gasteiger partial charge on any atom is -0.503 e. The number of benzene rings is 2. The van der Waals surface area contributed by atoms with Crippen molar-refractivity contribution >= 4 is 34.8 Å². The fourth-order valence-electron chi connectivity index (χ4n) is 3.07. The third-order valence-corrected chi connectivity index (χ3v) is 5.24. The average Bonchev–Trinajstić information content (AvgIpc) is 2.83. The van der Waals surface area contributed by atoms with Crippen LogP contribution in [0.2, 0.25) is 5.02 Å². The van der Waals surface area contributed by atoms with Crippen LogP contribution in [0.3, 0.4) is 0 Å². The number of nitrogens with zero attached hydrogens (tertiary/aromatic N) is 2. The van der Waals surface area contributed by atoms with E-state index in [0.29, 0.717) is 33.5 Å². The number of alkyl halides is 3. The number of ether oxygens (including phenoxy) is 3. The highest BCUT2D eigenvalue weighted by Crippen LogP contribution is 2.32. The summed E-state index contributed by atoms with van der Waals surface area (Å²) in [5, 5.41) is 3.19. The van der Waals surface area contributed by atoms with E-state index < -0.39 is 17.8 Å². The lowest BCUT2D eigenvalue weighted by Crippen LogP contribution is -2.13. The van der Waals surface area contributed by atoms with Gasteiger partial charge in [0.25, 0.3) is 0 Å². The van der Waals surface area contributed by atoms with E-state index in [1.165, 1.54) is 20.5 Å². The Hall–Kier alpha value is -3.79. The zero-order chi connectivity index (χ0) is 25.6. The molecule has 7 nitrogen and oxygen atoms in total. The molecule has 1 aromatic heterocycles. The monoisotopic (exact) mass is 507 g/mol. The Morgan fingerprint density at radius 2 is 1.86 bits per heavy atom. The molecule has 0 saturated heterocycles. The number of carbonyl (C=O) groups is 1. The Morgan fingerprint density at radius 3 is 2.54 bits per heavy atom. The fraction of sp³-hybridized carbons (Fsp3) is 0.208. The van der Waals surface area contributed by atoms with Crippen LogP contribution in [-0.4, -0.2) is 30.2 Å². The second-order valence-electron chi connectivity index (χ2n) is 7.15. The Morgan fingerprint density at radius 1 is 1.11 bits per heavy atom. The first-order valence-electron chi connectivity index (χ1n) is 10.1. The second kappa shape index (κ2) is 11.1. The first-order valence-corrected chi connectivity index (χ1v) is 10.5. The van der Waals surface area contributed by atoms with Gasteiger partial charge in [-0.25, -0.2) is 9.78 Å². The van der Waals surface area contributed by atoms with Gasteiger partial charge in [-0.2, -0.15) is 18.2 Å². The molecule has 2 aromatic carbocycles. The van der Waals surface area contributed by atoms with E-state index >= 15 is 0 Å². The first kappa shape index (κ1) is 25.8. The van der Waals surface area contributed by atoms with Crippen LogP contribution in [0.1, 0.15) is 22.4 Å². The summed E-state index contributed by atoms with van der Waals surface area (Å²) < 4.78 is 55.9. The van der Waals surface area contributed by atoms with Crippen molar-refractivity contribution in [1.29, 1.82) is 0 Å². The maximum atomic E-state index is 13.5. The molecule has 0 atom stereocenters. The summed E-state index contributed by atoms with van der Waals surface area (Å²) >= 11 is 6.10. The van der Waals surface area contributed by atoms with Gasteiger partial charge in [-0.1, -0.05) is 41.9 Å². The van der Waals surface area contributed by atoms with Crippen LogP contribution >= 0.6 is 11.6 Å². The Bertz CT molecular complexity index is 1250. The first-order chi connectivity index (χ1) is 16.6. The molecule has 0 unspecified atom stereocenters. The Kier molecular flexibility index (Phi) is 8.18. The number of halogens is 4. The van der Waals surface area contributed by atoms with Crippen molar-refractivity contribution in [3.8, 4) is 5.88 Å². The van der Waals surface area contributed by atoms with Gasteiger partial charge in [0.05, 0.1) is 20.5 Å². The van der Waals surface area contributed by atoms with E-state index in [0.717, 1.165) is 0 Å². The summed E-state index contributed by atoms with van der Waals surface area (Å²) in [7, 11) is 2.60.